The van der Waals surface area contributed by atoms with Crippen molar-refractivity contribution in [3.63, 3.8) is 0 Å². The molecule has 1 aliphatic rings. The number of nitro benzene ring substituents is 1. The molecule has 0 aliphatic carbocycles. The van der Waals surface area contributed by atoms with Crippen molar-refractivity contribution >= 4 is 23.3 Å². The topological polar surface area (TPSA) is 113 Å². The summed E-state index contributed by atoms with van der Waals surface area (Å²) in [5.74, 6) is -0.398. The van der Waals surface area contributed by atoms with E-state index in [1.54, 1.807) is 6.92 Å². The molecule has 0 aromatic heterocycles. The van der Waals surface area contributed by atoms with Crippen LogP contribution < -0.4 is 16.0 Å². The van der Waals surface area contributed by atoms with Crippen LogP contribution in [0.2, 0.25) is 0 Å². The molecular weight excluding hydrogens is 360 g/mol. The van der Waals surface area contributed by atoms with Crippen LogP contribution >= 0.6 is 0 Å². The van der Waals surface area contributed by atoms with Crippen LogP contribution in [-0.2, 0) is 4.79 Å². The number of amides is 3. The number of benzene rings is 2. The van der Waals surface area contributed by atoms with Gasteiger partial charge in [0, 0.05) is 23.5 Å². The highest BCUT2D eigenvalue weighted by Gasteiger charge is 2.32. The molecule has 3 N–H and O–H groups in total. The molecule has 28 heavy (non-hydrogen) atoms. The van der Waals surface area contributed by atoms with E-state index >= 15 is 0 Å². The van der Waals surface area contributed by atoms with Gasteiger partial charge in [0.25, 0.3) is 11.6 Å². The first-order valence-electron chi connectivity index (χ1n) is 8.67. The maximum absolute atomic E-state index is 13.0. The van der Waals surface area contributed by atoms with E-state index in [1.165, 1.54) is 24.3 Å². The van der Waals surface area contributed by atoms with Crippen molar-refractivity contribution in [3.05, 3.63) is 80.5 Å². The normalized spacial score (nSPS) is 16.2. The van der Waals surface area contributed by atoms with Crippen LogP contribution in [0.4, 0.5) is 16.2 Å². The lowest BCUT2D eigenvalue weighted by atomic mass is 9.90. The maximum Gasteiger partial charge on any atom is 0.319 e. The summed E-state index contributed by atoms with van der Waals surface area (Å²) in [6, 6.07) is 10.4. The number of anilines is 1. The Labute approximate surface area is 161 Å². The van der Waals surface area contributed by atoms with Crippen LogP contribution in [0, 0.1) is 24.0 Å². The van der Waals surface area contributed by atoms with Gasteiger partial charge in [-0.05, 0) is 44.0 Å². The van der Waals surface area contributed by atoms with Crippen LogP contribution in [-0.4, -0.2) is 16.9 Å². The zero-order chi connectivity index (χ0) is 20.4. The molecule has 0 fully saturated rings. The maximum atomic E-state index is 13.0. The molecule has 0 bridgehead atoms. The van der Waals surface area contributed by atoms with Crippen molar-refractivity contribution in [1.82, 2.24) is 10.6 Å². The van der Waals surface area contributed by atoms with E-state index in [0.29, 0.717) is 17.0 Å². The van der Waals surface area contributed by atoms with Gasteiger partial charge in [-0.15, -0.1) is 0 Å². The van der Waals surface area contributed by atoms with Gasteiger partial charge in [0.15, 0.2) is 0 Å². The van der Waals surface area contributed by atoms with Crippen molar-refractivity contribution in [2.75, 3.05) is 5.32 Å². The molecule has 144 valence electrons. The number of non-ortho nitro benzene ring substituents is 1. The van der Waals surface area contributed by atoms with E-state index in [9.17, 15) is 19.7 Å². The molecule has 8 nitrogen and oxygen atoms in total. The largest absolute Gasteiger partial charge is 0.327 e. The minimum atomic E-state index is -0.605. The first kappa shape index (κ1) is 19.1. The summed E-state index contributed by atoms with van der Waals surface area (Å²) in [6.07, 6.45) is 0. The zero-order valence-electron chi connectivity index (χ0n) is 15.7. The number of allylic oxidation sites excluding steroid dienone is 1. The summed E-state index contributed by atoms with van der Waals surface area (Å²) in [4.78, 5) is 35.3. The third-order valence-electron chi connectivity index (χ3n) is 4.60. The molecule has 0 unspecified atom stereocenters. The number of nitrogens with one attached hydrogen (secondary N) is 3. The standard InChI is InChI=1S/C20H20N4O4/c1-11-4-5-12(2)16(10-11)18-17(13(3)21-20(26)23-18)19(25)22-14-6-8-15(9-7-14)24(27)28/h4-10,18H,1-3H3,(H,22,25)(H2,21,23,26)/t18-/m0/s1. The lowest BCUT2D eigenvalue weighted by molar-refractivity contribution is -0.384. The lowest BCUT2D eigenvalue weighted by Gasteiger charge is -2.29. The highest BCUT2D eigenvalue weighted by molar-refractivity contribution is 6.06. The SMILES string of the molecule is CC1=C(C(=O)Nc2ccc([N+](=O)[O-])cc2)[C@H](c2cc(C)ccc2C)NC(=O)N1. The van der Waals surface area contributed by atoms with Gasteiger partial charge < -0.3 is 16.0 Å². The Morgan fingerprint density at radius 1 is 1.11 bits per heavy atom. The number of nitro groups is 1. The smallest absolute Gasteiger partial charge is 0.319 e. The van der Waals surface area contributed by atoms with Gasteiger partial charge in [-0.3, -0.25) is 14.9 Å². The molecule has 3 amide bonds. The third-order valence-corrected chi connectivity index (χ3v) is 4.60. The summed E-state index contributed by atoms with van der Waals surface area (Å²) < 4.78 is 0. The number of carbonyl (C=O) groups excluding carboxylic acids is 2. The number of rotatable bonds is 4. The number of hydrogen-bond donors (Lipinski definition) is 3. The van der Waals surface area contributed by atoms with E-state index in [2.05, 4.69) is 16.0 Å². The second kappa shape index (κ2) is 7.51. The van der Waals surface area contributed by atoms with Crippen molar-refractivity contribution in [2.45, 2.75) is 26.8 Å². The zero-order valence-corrected chi connectivity index (χ0v) is 15.7. The third kappa shape index (κ3) is 3.85. The fraction of sp³-hybridized carbons (Fsp3) is 0.200. The number of aryl methyl sites for hydroxylation is 2. The second-order valence-corrected chi connectivity index (χ2v) is 6.69. The molecule has 1 heterocycles. The molecule has 0 radical (unpaired) electrons. The number of hydrogen-bond acceptors (Lipinski definition) is 4. The van der Waals surface area contributed by atoms with E-state index < -0.39 is 16.9 Å². The van der Waals surface area contributed by atoms with Gasteiger partial charge in [-0.1, -0.05) is 23.8 Å². The monoisotopic (exact) mass is 380 g/mol. The minimum absolute atomic E-state index is 0.0618. The van der Waals surface area contributed by atoms with Crippen LogP contribution in [0.25, 0.3) is 0 Å². The van der Waals surface area contributed by atoms with Crippen LogP contribution in [0.15, 0.2) is 53.7 Å². The Balaban J connectivity index is 1.94. The Morgan fingerprint density at radius 2 is 1.79 bits per heavy atom. The van der Waals surface area contributed by atoms with Crippen molar-refractivity contribution in [2.24, 2.45) is 0 Å². The van der Waals surface area contributed by atoms with Gasteiger partial charge in [0.05, 0.1) is 16.5 Å². The van der Waals surface area contributed by atoms with Crippen LogP contribution in [0.1, 0.15) is 29.7 Å². The molecular formula is C20H20N4O4. The first-order valence-corrected chi connectivity index (χ1v) is 8.67. The molecule has 1 atom stereocenters. The van der Waals surface area contributed by atoms with Gasteiger partial charge in [0.2, 0.25) is 0 Å². The van der Waals surface area contributed by atoms with Crippen molar-refractivity contribution in [1.29, 1.82) is 0 Å². The Morgan fingerprint density at radius 3 is 2.43 bits per heavy atom. The number of urea groups is 1. The van der Waals surface area contributed by atoms with Gasteiger partial charge in [0.1, 0.15) is 0 Å². The number of nitrogens with zero attached hydrogens (tertiary/aromatic N) is 1. The molecule has 8 heteroatoms. The molecule has 2 aromatic carbocycles. The lowest BCUT2D eigenvalue weighted by Crippen LogP contribution is -2.46. The van der Waals surface area contributed by atoms with Crippen LogP contribution in [0.3, 0.4) is 0 Å². The first-order chi connectivity index (χ1) is 13.3. The average molecular weight is 380 g/mol. The van der Waals surface area contributed by atoms with E-state index in [1.807, 2.05) is 32.0 Å². The fourth-order valence-corrected chi connectivity index (χ4v) is 3.16. The molecule has 0 spiro atoms. The van der Waals surface area contributed by atoms with E-state index in [-0.39, 0.29) is 11.7 Å². The van der Waals surface area contributed by atoms with E-state index in [4.69, 9.17) is 0 Å². The predicted molar refractivity (Wildman–Crippen MR) is 105 cm³/mol. The molecule has 0 saturated carbocycles. The Hall–Kier alpha value is -3.68. The Bertz CT molecular complexity index is 996. The summed E-state index contributed by atoms with van der Waals surface area (Å²) >= 11 is 0. The molecule has 2 aromatic rings. The molecule has 0 saturated heterocycles. The summed E-state index contributed by atoms with van der Waals surface area (Å²) in [5.41, 5.74) is 4.00. The van der Waals surface area contributed by atoms with Crippen molar-refractivity contribution in [3.8, 4) is 0 Å². The fourth-order valence-electron chi connectivity index (χ4n) is 3.16. The summed E-state index contributed by atoms with van der Waals surface area (Å²) in [5, 5.41) is 19.0. The summed E-state index contributed by atoms with van der Waals surface area (Å²) in [7, 11) is 0. The number of carbonyl (C=O) groups is 2. The van der Waals surface area contributed by atoms with Crippen molar-refractivity contribution < 1.29 is 14.5 Å². The highest BCUT2D eigenvalue weighted by Crippen LogP contribution is 2.30. The average Bonchev–Trinajstić information content (AvgIpc) is 2.63. The second-order valence-electron chi connectivity index (χ2n) is 6.69. The summed E-state index contributed by atoms with van der Waals surface area (Å²) in [6.45, 7) is 5.53. The van der Waals surface area contributed by atoms with Gasteiger partial charge in [-0.25, -0.2) is 4.79 Å². The predicted octanol–water partition coefficient (Wildman–Crippen LogP) is 3.48. The van der Waals surface area contributed by atoms with Crippen LogP contribution in [0.5, 0.6) is 0 Å². The van der Waals surface area contributed by atoms with Gasteiger partial charge >= 0.3 is 6.03 Å². The Kier molecular flexibility index (Phi) is 5.12. The van der Waals surface area contributed by atoms with E-state index in [0.717, 1.165) is 16.7 Å². The molecule has 3 rings (SSSR count). The quantitative estimate of drug-likeness (QED) is 0.556. The van der Waals surface area contributed by atoms with Gasteiger partial charge in [-0.2, -0.15) is 0 Å². The minimum Gasteiger partial charge on any atom is -0.327 e. The molecule has 1 aliphatic heterocycles. The highest BCUT2D eigenvalue weighted by atomic mass is 16.6.